The largest absolute Gasteiger partial charge is 0.472 e. The molecule has 0 aromatic rings. The topological polar surface area (TPSA) is 303 Å². The minimum absolute atomic E-state index is 0.0811. The van der Waals surface area contributed by atoms with Crippen LogP contribution >= 0.6 is 23.5 Å². The number of phosphoric ester groups is 3. The van der Waals surface area contributed by atoms with Gasteiger partial charge in [-0.15, -0.1) is 0 Å². The highest BCUT2D eigenvalue weighted by Gasteiger charge is 2.56. The van der Waals surface area contributed by atoms with Gasteiger partial charge in [0.25, 0.3) is 0 Å². The lowest BCUT2D eigenvalue weighted by atomic mass is 9.85. The summed E-state index contributed by atoms with van der Waals surface area (Å²) >= 11 is 0. The van der Waals surface area contributed by atoms with E-state index in [0.717, 1.165) is 25.7 Å². The lowest BCUT2D eigenvalue weighted by Crippen LogP contribution is -2.65. The Labute approximate surface area is 367 Å². The fourth-order valence-corrected chi connectivity index (χ4v) is 7.62. The number of hydrogen-bond donors (Lipinski definition) is 8. The Hall–Kier alpha value is -3.93. The molecule has 22 heteroatoms. The molecule has 1 fully saturated rings. The van der Waals surface area contributed by atoms with Crippen LogP contribution in [-0.2, 0) is 50.9 Å². The van der Waals surface area contributed by atoms with E-state index in [1.54, 1.807) is 6.92 Å². The predicted molar refractivity (Wildman–Crippen MR) is 224 cm³/mol. The highest BCUT2D eigenvalue weighted by Crippen LogP contribution is 2.51. The molecule has 0 bridgehead atoms. The molecule has 1 aliphatic rings. The molecule has 0 radical (unpaired) electrons. The van der Waals surface area contributed by atoms with Crippen molar-refractivity contribution in [1.82, 2.24) is 0 Å². The van der Waals surface area contributed by atoms with Crippen LogP contribution in [0.2, 0.25) is 0 Å². The van der Waals surface area contributed by atoms with E-state index in [4.69, 9.17) is 18.5 Å². The highest BCUT2D eigenvalue weighted by molar-refractivity contribution is 7.47. The van der Waals surface area contributed by atoms with Gasteiger partial charge < -0.3 is 49.3 Å². The van der Waals surface area contributed by atoms with Crippen molar-refractivity contribution in [1.29, 1.82) is 0 Å². The van der Waals surface area contributed by atoms with Crippen LogP contribution in [0.4, 0.5) is 0 Å². The van der Waals surface area contributed by atoms with E-state index < -0.39 is 91.3 Å². The van der Waals surface area contributed by atoms with Crippen LogP contribution in [0.3, 0.4) is 0 Å². The van der Waals surface area contributed by atoms with Crippen molar-refractivity contribution >= 4 is 35.4 Å². The standard InChI is InChI=1S/C41H53O19P3/c1-3-5-7-9-11-13-15-17-19-21-23-25-27-29-34(42)55-31-33(57-35(43)30-28-26-24-22-20-18-16-14-12-10-8-6-4-2)32-56-63(53,54)60-39-36(44)37(45)40(58-61(47,48)49)41(38(39)46)59-62(50,51)52/h33,36-41,44-46H,4,6,8,10,12,14,16,18,20,22,24,26,28,30-32H2,1-2H3,(H,53,54)(H2,47,48,49)(H2,50,51,52)/t33-,36-,37+,38?,39?,40?,41-/m1/s1. The van der Waals surface area contributed by atoms with Crippen molar-refractivity contribution < 1.29 is 90.6 Å². The van der Waals surface area contributed by atoms with Gasteiger partial charge in [-0.2, -0.15) is 0 Å². The molecular weight excluding hydrogens is 889 g/mol. The van der Waals surface area contributed by atoms with Crippen molar-refractivity contribution in [3.63, 3.8) is 0 Å². The van der Waals surface area contributed by atoms with Gasteiger partial charge in [0, 0.05) is 12.3 Å². The number of aliphatic hydroxyl groups is 3. The molecule has 8 atom stereocenters. The quantitative estimate of drug-likeness (QED) is 0.0203. The lowest BCUT2D eigenvalue weighted by molar-refractivity contribution is -0.213. The lowest BCUT2D eigenvalue weighted by Gasteiger charge is -2.44. The molecule has 8 N–H and O–H groups in total. The third-order valence-corrected chi connectivity index (χ3v) is 10.4. The Balaban J connectivity index is 2.96. The summed E-state index contributed by atoms with van der Waals surface area (Å²) in [6.07, 6.45) is -3.06. The summed E-state index contributed by atoms with van der Waals surface area (Å²) in [5, 5.41) is 31.7. The van der Waals surface area contributed by atoms with Gasteiger partial charge in [0.1, 0.15) is 43.2 Å². The number of ether oxygens (including phenoxy) is 2. The number of esters is 2. The molecule has 0 amide bonds. The van der Waals surface area contributed by atoms with Crippen LogP contribution in [0.5, 0.6) is 0 Å². The molecule has 346 valence electrons. The van der Waals surface area contributed by atoms with Gasteiger partial charge >= 0.3 is 35.4 Å². The molecular formula is C41H53O19P3. The van der Waals surface area contributed by atoms with Crippen molar-refractivity contribution in [2.24, 2.45) is 0 Å². The van der Waals surface area contributed by atoms with Gasteiger partial charge in [-0.05, 0) is 84.4 Å². The minimum Gasteiger partial charge on any atom is -0.456 e. The second kappa shape index (κ2) is 31.8. The second-order valence-corrected chi connectivity index (χ2v) is 17.3. The molecule has 19 nitrogen and oxygen atoms in total. The minimum atomic E-state index is -5.63. The Morgan fingerprint density at radius 2 is 0.952 bits per heavy atom. The predicted octanol–water partition coefficient (Wildman–Crippen LogP) is 2.52. The molecule has 63 heavy (non-hydrogen) atoms. The summed E-state index contributed by atoms with van der Waals surface area (Å²) in [7, 11) is -16.7. The van der Waals surface area contributed by atoms with Crippen molar-refractivity contribution in [3.05, 3.63) is 0 Å². The Bertz CT molecular complexity index is 2070. The molecule has 1 aliphatic carbocycles. The number of hydrogen-bond acceptors (Lipinski definition) is 14. The van der Waals surface area contributed by atoms with Gasteiger partial charge in [0.15, 0.2) is 6.10 Å². The molecule has 4 unspecified atom stereocenters. The number of unbranched alkanes of at least 4 members (excludes halogenated alkanes) is 12. The van der Waals surface area contributed by atoms with Gasteiger partial charge in [-0.25, -0.2) is 18.5 Å². The van der Waals surface area contributed by atoms with Gasteiger partial charge in [-0.3, -0.25) is 22.9 Å². The van der Waals surface area contributed by atoms with Crippen LogP contribution < -0.4 is 0 Å². The fraction of sp³-hybridized carbons (Fsp3) is 0.610. The summed E-state index contributed by atoms with van der Waals surface area (Å²) in [5.41, 5.74) is 0. The zero-order valence-electron chi connectivity index (χ0n) is 34.8. The third-order valence-electron chi connectivity index (χ3n) is 8.38. The normalized spacial score (nSPS) is 20.3. The van der Waals surface area contributed by atoms with Crippen LogP contribution in [0.15, 0.2) is 0 Å². The number of aliphatic hydroxyl groups excluding tert-OH is 3. The zero-order valence-corrected chi connectivity index (χ0v) is 37.4. The van der Waals surface area contributed by atoms with Crippen molar-refractivity contribution in [2.45, 2.75) is 146 Å². The zero-order chi connectivity index (χ0) is 47.2. The van der Waals surface area contributed by atoms with Crippen LogP contribution in [-0.4, -0.2) is 108 Å². The smallest absolute Gasteiger partial charge is 0.456 e. The van der Waals surface area contributed by atoms with E-state index >= 15 is 0 Å². The Morgan fingerprint density at radius 1 is 0.540 bits per heavy atom. The van der Waals surface area contributed by atoms with Crippen LogP contribution in [0.1, 0.15) is 104 Å². The van der Waals surface area contributed by atoms with E-state index in [-0.39, 0.29) is 6.42 Å². The molecule has 0 heterocycles. The molecule has 0 aromatic carbocycles. The number of rotatable bonds is 26. The third kappa shape index (κ3) is 28.5. The highest BCUT2D eigenvalue weighted by atomic mass is 31.2. The molecule has 0 aliphatic heterocycles. The monoisotopic (exact) mass is 942 g/mol. The summed E-state index contributed by atoms with van der Waals surface area (Å²) in [6, 6.07) is 0. The number of carbonyl (C=O) groups excluding carboxylic acids is 2. The Kier molecular flexibility index (Phi) is 28.9. The first-order chi connectivity index (χ1) is 29.8. The second-order valence-electron chi connectivity index (χ2n) is 13.5. The first kappa shape index (κ1) is 57.1. The SMILES string of the molecule is CC#CC#CC#CC#CC#CC#CC#CC(=O)OC[C@H](COP(=O)(O)OC1C(O)[C@@H](OP(=O)(O)O)C(OP(=O)(O)O)[C@@H](O)[C@H]1O)OC(=O)CCCCCCCCCCCCCCC. The maximum absolute atomic E-state index is 13.0. The average molecular weight is 943 g/mol. The summed E-state index contributed by atoms with van der Waals surface area (Å²) in [4.78, 5) is 72.4. The van der Waals surface area contributed by atoms with Gasteiger partial charge in [0.2, 0.25) is 0 Å². The van der Waals surface area contributed by atoms with E-state index in [2.05, 4.69) is 92.9 Å². The summed E-state index contributed by atoms with van der Waals surface area (Å²) < 4.78 is 64.5. The number of phosphoric acid groups is 3. The molecule has 0 aromatic heterocycles. The van der Waals surface area contributed by atoms with Gasteiger partial charge in [0.05, 0.1) is 6.61 Å². The molecule has 1 rings (SSSR count). The van der Waals surface area contributed by atoms with Gasteiger partial charge in [-0.1, -0.05) is 89.9 Å². The average Bonchev–Trinajstić information content (AvgIpc) is 3.20. The van der Waals surface area contributed by atoms with E-state index in [9.17, 15) is 63.1 Å². The fourth-order valence-electron chi connectivity index (χ4n) is 5.52. The maximum Gasteiger partial charge on any atom is 0.472 e. The Morgan fingerprint density at radius 3 is 1.41 bits per heavy atom. The number of carbonyl (C=O) groups is 2. The van der Waals surface area contributed by atoms with E-state index in [0.29, 0.717) is 12.8 Å². The van der Waals surface area contributed by atoms with E-state index in [1.165, 1.54) is 44.9 Å². The summed E-state index contributed by atoms with van der Waals surface area (Å²) in [6.45, 7) is 1.99. The van der Waals surface area contributed by atoms with Crippen LogP contribution in [0, 0.1) is 82.9 Å². The first-order valence-electron chi connectivity index (χ1n) is 19.8. The van der Waals surface area contributed by atoms with Crippen LogP contribution in [0.25, 0.3) is 0 Å². The van der Waals surface area contributed by atoms with E-state index in [1.807, 2.05) is 5.92 Å². The maximum atomic E-state index is 13.0. The van der Waals surface area contributed by atoms with Crippen molar-refractivity contribution in [3.8, 4) is 82.9 Å². The molecule has 0 spiro atoms. The molecule has 0 saturated heterocycles. The van der Waals surface area contributed by atoms with Crippen molar-refractivity contribution in [2.75, 3.05) is 13.2 Å². The first-order valence-corrected chi connectivity index (χ1v) is 24.3. The molecule has 1 saturated carbocycles. The summed E-state index contributed by atoms with van der Waals surface area (Å²) in [5.74, 6) is 31.2.